The molecule has 2 aromatic rings. The van der Waals surface area contributed by atoms with E-state index in [1.54, 1.807) is 28.4 Å². The third-order valence-corrected chi connectivity index (χ3v) is 5.46. The number of fused-ring (bicyclic) bond motifs is 2. The van der Waals surface area contributed by atoms with Crippen molar-refractivity contribution in [2.75, 3.05) is 13.1 Å². The van der Waals surface area contributed by atoms with Crippen LogP contribution in [0.15, 0.2) is 47.9 Å². The van der Waals surface area contributed by atoms with Crippen molar-refractivity contribution in [2.24, 2.45) is 0 Å². The van der Waals surface area contributed by atoms with Gasteiger partial charge >= 0.3 is 5.97 Å². The molecule has 2 aliphatic rings. The molecule has 1 unspecified atom stereocenters. The summed E-state index contributed by atoms with van der Waals surface area (Å²) in [6, 6.07) is 11.4. The number of carbonyl (C=O) groups excluding carboxylic acids is 2. The zero-order chi connectivity index (χ0) is 16.6. The number of esters is 1. The molecule has 4 rings (SSSR count). The molecule has 4 nitrogen and oxygen atoms in total. The van der Waals surface area contributed by atoms with Gasteiger partial charge in [0.1, 0.15) is 0 Å². The van der Waals surface area contributed by atoms with Crippen LogP contribution in [0, 0.1) is 0 Å². The minimum Gasteiger partial charge on any atom is -0.449 e. The van der Waals surface area contributed by atoms with Crippen LogP contribution in [0.3, 0.4) is 0 Å². The molecule has 2 aliphatic heterocycles. The summed E-state index contributed by atoms with van der Waals surface area (Å²) in [6.45, 7) is 1.11. The van der Waals surface area contributed by atoms with Crippen LogP contribution in [-0.4, -0.2) is 29.9 Å². The number of amides is 1. The van der Waals surface area contributed by atoms with Gasteiger partial charge in [0.15, 0.2) is 5.60 Å². The Kier molecular flexibility index (Phi) is 3.73. The Morgan fingerprint density at radius 3 is 2.96 bits per heavy atom. The number of benzene rings is 1. The summed E-state index contributed by atoms with van der Waals surface area (Å²) >= 11 is 1.59. The SMILES string of the molecule is O=C1OC2(CCCN(C(=O)C=Cc3cccs3)C2)c2ccccc21. The Labute approximate surface area is 144 Å². The average Bonchev–Trinajstić information content (AvgIpc) is 3.21. The molecule has 0 saturated carbocycles. The Morgan fingerprint density at radius 1 is 1.25 bits per heavy atom. The standard InChI is InChI=1S/C19H17NO3S/c21-17(9-8-14-5-3-12-24-14)20-11-4-10-19(13-20)16-7-2-1-6-15(16)18(22)23-19/h1-3,5-9,12H,4,10-11,13H2. The zero-order valence-electron chi connectivity index (χ0n) is 13.1. The van der Waals surface area contributed by atoms with E-state index in [2.05, 4.69) is 0 Å². The van der Waals surface area contributed by atoms with E-state index >= 15 is 0 Å². The highest BCUT2D eigenvalue weighted by Crippen LogP contribution is 2.42. The van der Waals surface area contributed by atoms with Gasteiger partial charge in [-0.25, -0.2) is 4.79 Å². The highest BCUT2D eigenvalue weighted by molar-refractivity contribution is 7.10. The van der Waals surface area contributed by atoms with Crippen LogP contribution in [-0.2, 0) is 15.1 Å². The molecular weight excluding hydrogens is 322 g/mol. The lowest BCUT2D eigenvalue weighted by molar-refractivity contribution is -0.133. The molecule has 0 bridgehead atoms. The van der Waals surface area contributed by atoms with Crippen LogP contribution in [0.1, 0.15) is 33.6 Å². The molecule has 1 atom stereocenters. The summed E-state index contributed by atoms with van der Waals surface area (Å²) in [7, 11) is 0. The first-order valence-electron chi connectivity index (χ1n) is 8.01. The summed E-state index contributed by atoms with van der Waals surface area (Å²) in [5.41, 5.74) is 0.855. The Morgan fingerprint density at radius 2 is 2.12 bits per heavy atom. The Bertz CT molecular complexity index is 812. The van der Waals surface area contributed by atoms with Crippen LogP contribution in [0.5, 0.6) is 0 Å². The second-order valence-electron chi connectivity index (χ2n) is 6.14. The second-order valence-corrected chi connectivity index (χ2v) is 7.12. The number of hydrogen-bond donors (Lipinski definition) is 0. The molecular formula is C19H17NO3S. The highest BCUT2D eigenvalue weighted by Gasteiger charge is 2.48. The normalized spacial score (nSPS) is 22.8. The number of thiophene rings is 1. The first-order chi connectivity index (χ1) is 11.7. The number of piperidine rings is 1. The molecule has 0 aliphatic carbocycles. The van der Waals surface area contributed by atoms with Crippen molar-refractivity contribution in [3.05, 3.63) is 63.9 Å². The van der Waals surface area contributed by atoms with Gasteiger partial charge in [0.25, 0.3) is 0 Å². The number of nitrogens with zero attached hydrogens (tertiary/aromatic N) is 1. The maximum Gasteiger partial charge on any atom is 0.339 e. The van der Waals surface area contributed by atoms with E-state index in [9.17, 15) is 9.59 Å². The molecule has 1 fully saturated rings. The lowest BCUT2D eigenvalue weighted by atomic mass is 9.85. The van der Waals surface area contributed by atoms with E-state index in [4.69, 9.17) is 4.74 Å². The van der Waals surface area contributed by atoms with Crippen molar-refractivity contribution in [2.45, 2.75) is 18.4 Å². The van der Waals surface area contributed by atoms with E-state index in [0.717, 1.165) is 23.3 Å². The van der Waals surface area contributed by atoms with Crippen LogP contribution < -0.4 is 0 Å². The summed E-state index contributed by atoms with van der Waals surface area (Å²) in [5.74, 6) is -0.322. The molecule has 1 spiro atoms. The predicted molar refractivity (Wildman–Crippen MR) is 92.7 cm³/mol. The topological polar surface area (TPSA) is 46.6 Å². The molecule has 5 heteroatoms. The molecule has 1 amide bonds. The summed E-state index contributed by atoms with van der Waals surface area (Å²) in [5, 5.41) is 1.98. The molecule has 3 heterocycles. The minimum absolute atomic E-state index is 0.0390. The third-order valence-electron chi connectivity index (χ3n) is 4.63. The van der Waals surface area contributed by atoms with Gasteiger partial charge in [0, 0.05) is 23.1 Å². The molecule has 1 aromatic heterocycles. The average molecular weight is 339 g/mol. The first kappa shape index (κ1) is 15.1. The molecule has 122 valence electrons. The van der Waals surface area contributed by atoms with Gasteiger partial charge in [0.2, 0.25) is 5.91 Å². The van der Waals surface area contributed by atoms with Gasteiger partial charge in [-0.2, -0.15) is 0 Å². The monoisotopic (exact) mass is 339 g/mol. The number of hydrogen-bond acceptors (Lipinski definition) is 4. The summed E-state index contributed by atoms with van der Waals surface area (Å²) < 4.78 is 5.74. The number of carbonyl (C=O) groups is 2. The predicted octanol–water partition coefficient (Wildman–Crippen LogP) is 3.45. The first-order valence-corrected chi connectivity index (χ1v) is 8.89. The van der Waals surface area contributed by atoms with Gasteiger partial charge in [-0.05, 0) is 36.4 Å². The van der Waals surface area contributed by atoms with Crippen LogP contribution in [0.2, 0.25) is 0 Å². The van der Waals surface area contributed by atoms with E-state index in [1.807, 2.05) is 41.8 Å². The van der Waals surface area contributed by atoms with E-state index < -0.39 is 5.60 Å². The molecule has 24 heavy (non-hydrogen) atoms. The number of ether oxygens (including phenoxy) is 1. The fraction of sp³-hybridized carbons (Fsp3) is 0.263. The fourth-order valence-corrected chi connectivity index (χ4v) is 4.12. The van der Waals surface area contributed by atoms with Crippen molar-refractivity contribution in [1.82, 2.24) is 4.90 Å². The fourth-order valence-electron chi connectivity index (χ4n) is 3.50. The van der Waals surface area contributed by atoms with E-state index in [-0.39, 0.29) is 11.9 Å². The van der Waals surface area contributed by atoms with Gasteiger partial charge in [-0.3, -0.25) is 4.79 Å². The minimum atomic E-state index is -0.682. The highest BCUT2D eigenvalue weighted by atomic mass is 32.1. The van der Waals surface area contributed by atoms with Gasteiger partial charge in [0.05, 0.1) is 12.1 Å². The summed E-state index contributed by atoms with van der Waals surface area (Å²) in [4.78, 5) is 27.5. The molecule has 1 saturated heterocycles. The lowest BCUT2D eigenvalue weighted by Gasteiger charge is -2.39. The molecule has 0 N–H and O–H groups in total. The second kappa shape index (κ2) is 5.91. The molecule has 1 aromatic carbocycles. The zero-order valence-corrected chi connectivity index (χ0v) is 13.9. The smallest absolute Gasteiger partial charge is 0.339 e. The van der Waals surface area contributed by atoms with Crippen LogP contribution in [0.25, 0.3) is 6.08 Å². The van der Waals surface area contributed by atoms with Crippen LogP contribution in [0.4, 0.5) is 0 Å². The Balaban J connectivity index is 1.56. The quantitative estimate of drug-likeness (QED) is 0.622. The van der Waals surface area contributed by atoms with Crippen molar-refractivity contribution in [1.29, 1.82) is 0 Å². The van der Waals surface area contributed by atoms with Crippen molar-refractivity contribution in [3.63, 3.8) is 0 Å². The number of rotatable bonds is 2. The van der Waals surface area contributed by atoms with Crippen molar-refractivity contribution in [3.8, 4) is 0 Å². The van der Waals surface area contributed by atoms with Crippen molar-refractivity contribution >= 4 is 29.3 Å². The molecule has 0 radical (unpaired) electrons. The van der Waals surface area contributed by atoms with E-state index in [1.165, 1.54) is 0 Å². The largest absolute Gasteiger partial charge is 0.449 e. The third kappa shape index (κ3) is 2.55. The van der Waals surface area contributed by atoms with Gasteiger partial charge < -0.3 is 9.64 Å². The van der Waals surface area contributed by atoms with Gasteiger partial charge in [-0.1, -0.05) is 24.3 Å². The maximum atomic E-state index is 12.5. The van der Waals surface area contributed by atoms with E-state index in [0.29, 0.717) is 18.7 Å². The summed E-state index contributed by atoms with van der Waals surface area (Å²) in [6.07, 6.45) is 5.02. The lowest BCUT2D eigenvalue weighted by Crippen LogP contribution is -2.48. The van der Waals surface area contributed by atoms with Crippen LogP contribution >= 0.6 is 11.3 Å². The van der Waals surface area contributed by atoms with Crippen molar-refractivity contribution < 1.29 is 14.3 Å². The number of likely N-dealkylation sites (tertiary alicyclic amines) is 1. The maximum absolute atomic E-state index is 12.5. The Hall–Kier alpha value is -2.40. The van der Waals surface area contributed by atoms with Gasteiger partial charge in [-0.15, -0.1) is 11.3 Å².